The van der Waals surface area contributed by atoms with E-state index in [-0.39, 0.29) is 0 Å². The topological polar surface area (TPSA) is 34.9 Å². The van der Waals surface area contributed by atoms with Gasteiger partial charge in [-0.25, -0.2) is 4.68 Å². The van der Waals surface area contributed by atoms with E-state index in [0.29, 0.717) is 5.92 Å². The molecule has 1 fully saturated rings. The minimum Gasteiger partial charge on any atom is -0.298 e. The third kappa shape index (κ3) is 2.40. The van der Waals surface area contributed by atoms with Gasteiger partial charge >= 0.3 is 0 Å². The van der Waals surface area contributed by atoms with E-state index >= 15 is 0 Å². The van der Waals surface area contributed by atoms with Gasteiger partial charge in [-0.2, -0.15) is 5.10 Å². The van der Waals surface area contributed by atoms with Crippen LogP contribution >= 0.6 is 0 Å². The van der Waals surface area contributed by atoms with Gasteiger partial charge in [-0.05, 0) is 31.4 Å². The zero-order valence-electron chi connectivity index (χ0n) is 11.9. The lowest BCUT2D eigenvalue weighted by Gasteiger charge is -2.20. The van der Waals surface area contributed by atoms with Crippen LogP contribution < -0.4 is 0 Å². The summed E-state index contributed by atoms with van der Waals surface area (Å²) in [5.41, 5.74) is 3.96. The van der Waals surface area contributed by atoms with Crippen LogP contribution in [0.1, 0.15) is 59.6 Å². The van der Waals surface area contributed by atoms with Crippen molar-refractivity contribution in [1.82, 2.24) is 9.78 Å². The second-order valence-electron chi connectivity index (χ2n) is 5.65. The summed E-state index contributed by atoms with van der Waals surface area (Å²) in [6, 6.07) is 8.13. The Kier molecular flexibility index (Phi) is 3.68. The molecule has 1 heterocycles. The molecule has 3 heteroatoms. The van der Waals surface area contributed by atoms with Gasteiger partial charge in [-0.15, -0.1) is 0 Å². The first-order valence-electron chi connectivity index (χ1n) is 7.40. The molecule has 0 saturated heterocycles. The molecule has 2 aromatic rings. The maximum absolute atomic E-state index is 11.3. The summed E-state index contributed by atoms with van der Waals surface area (Å²) in [6.07, 6.45) is 8.95. The van der Waals surface area contributed by atoms with Crippen LogP contribution in [-0.2, 0) is 0 Å². The van der Waals surface area contributed by atoms with Crippen LogP contribution in [0.5, 0.6) is 0 Å². The van der Waals surface area contributed by atoms with Gasteiger partial charge in [0, 0.05) is 12.1 Å². The van der Waals surface area contributed by atoms with E-state index in [1.807, 2.05) is 29.1 Å². The van der Waals surface area contributed by atoms with Gasteiger partial charge in [0.1, 0.15) is 0 Å². The summed E-state index contributed by atoms with van der Waals surface area (Å²) < 4.78 is 1.86. The molecule has 0 radical (unpaired) electrons. The van der Waals surface area contributed by atoms with Crippen molar-refractivity contribution in [2.24, 2.45) is 0 Å². The standard InChI is InChI=1S/C17H20N2O/c1-13-7-5-6-10-16(13)19-11-15(12-20)17(18-19)14-8-3-2-4-9-14/h5-7,10-12,14H,2-4,8-9H2,1H3. The number of aromatic nitrogens is 2. The molecule has 0 spiro atoms. The van der Waals surface area contributed by atoms with Gasteiger partial charge in [-0.3, -0.25) is 4.79 Å². The first kappa shape index (κ1) is 13.1. The molecular weight excluding hydrogens is 248 g/mol. The zero-order valence-corrected chi connectivity index (χ0v) is 11.9. The minimum atomic E-state index is 0.453. The van der Waals surface area contributed by atoms with Crippen molar-refractivity contribution in [3.05, 3.63) is 47.3 Å². The number of hydrogen-bond donors (Lipinski definition) is 0. The predicted molar refractivity (Wildman–Crippen MR) is 79.5 cm³/mol. The van der Waals surface area contributed by atoms with Crippen molar-refractivity contribution in [3.63, 3.8) is 0 Å². The lowest BCUT2D eigenvalue weighted by Crippen LogP contribution is -2.08. The Morgan fingerprint density at radius 2 is 1.95 bits per heavy atom. The van der Waals surface area contributed by atoms with Crippen LogP contribution in [0.2, 0.25) is 0 Å². The largest absolute Gasteiger partial charge is 0.298 e. The van der Waals surface area contributed by atoms with Gasteiger partial charge in [0.25, 0.3) is 0 Å². The average Bonchev–Trinajstić information content (AvgIpc) is 2.92. The molecule has 0 bridgehead atoms. The molecule has 1 aromatic heterocycles. The van der Waals surface area contributed by atoms with Crippen molar-refractivity contribution in [1.29, 1.82) is 0 Å². The molecule has 1 saturated carbocycles. The summed E-state index contributed by atoms with van der Waals surface area (Å²) in [6.45, 7) is 2.07. The zero-order chi connectivity index (χ0) is 13.9. The number of para-hydroxylation sites is 1. The summed E-state index contributed by atoms with van der Waals surface area (Å²) in [4.78, 5) is 11.3. The summed E-state index contributed by atoms with van der Waals surface area (Å²) in [5.74, 6) is 0.453. The number of aryl methyl sites for hydroxylation is 1. The van der Waals surface area contributed by atoms with E-state index in [4.69, 9.17) is 5.10 Å². The van der Waals surface area contributed by atoms with Crippen molar-refractivity contribution in [2.75, 3.05) is 0 Å². The highest BCUT2D eigenvalue weighted by Gasteiger charge is 2.22. The smallest absolute Gasteiger partial charge is 0.153 e. The molecular formula is C17H20N2O. The van der Waals surface area contributed by atoms with E-state index in [0.717, 1.165) is 36.1 Å². The fourth-order valence-corrected chi connectivity index (χ4v) is 3.13. The molecule has 20 heavy (non-hydrogen) atoms. The van der Waals surface area contributed by atoms with Crippen LogP contribution in [0.25, 0.3) is 5.69 Å². The van der Waals surface area contributed by atoms with Gasteiger partial charge in [0.15, 0.2) is 6.29 Å². The van der Waals surface area contributed by atoms with Crippen molar-refractivity contribution in [2.45, 2.75) is 44.9 Å². The fourth-order valence-electron chi connectivity index (χ4n) is 3.13. The normalized spacial score (nSPS) is 16.2. The van der Waals surface area contributed by atoms with Crippen LogP contribution in [0, 0.1) is 6.92 Å². The molecule has 1 aliphatic carbocycles. The Balaban J connectivity index is 2.00. The molecule has 1 aliphatic rings. The Morgan fingerprint density at radius 3 is 2.65 bits per heavy atom. The summed E-state index contributed by atoms with van der Waals surface area (Å²) in [7, 11) is 0. The maximum Gasteiger partial charge on any atom is 0.153 e. The Bertz CT molecular complexity index is 609. The monoisotopic (exact) mass is 268 g/mol. The third-order valence-electron chi connectivity index (χ3n) is 4.25. The Hall–Kier alpha value is -1.90. The van der Waals surface area contributed by atoms with Crippen LogP contribution in [0.3, 0.4) is 0 Å². The maximum atomic E-state index is 11.3. The third-order valence-corrected chi connectivity index (χ3v) is 4.25. The molecule has 1 aromatic carbocycles. The van der Waals surface area contributed by atoms with Gasteiger partial charge in [-0.1, -0.05) is 37.5 Å². The Morgan fingerprint density at radius 1 is 1.20 bits per heavy atom. The van der Waals surface area contributed by atoms with E-state index in [2.05, 4.69) is 13.0 Å². The Labute approximate surface area is 119 Å². The van der Waals surface area contributed by atoms with E-state index < -0.39 is 0 Å². The second kappa shape index (κ2) is 5.61. The fraction of sp³-hybridized carbons (Fsp3) is 0.412. The van der Waals surface area contributed by atoms with E-state index in [1.165, 1.54) is 24.8 Å². The quantitative estimate of drug-likeness (QED) is 0.787. The highest BCUT2D eigenvalue weighted by atomic mass is 16.1. The number of carbonyl (C=O) groups excluding carboxylic acids is 1. The van der Waals surface area contributed by atoms with Crippen molar-refractivity contribution < 1.29 is 4.79 Å². The van der Waals surface area contributed by atoms with Gasteiger partial charge in [0.2, 0.25) is 0 Å². The van der Waals surface area contributed by atoms with E-state index in [1.54, 1.807) is 0 Å². The SMILES string of the molecule is Cc1ccccc1-n1cc(C=O)c(C2CCCCC2)n1. The lowest BCUT2D eigenvalue weighted by atomic mass is 9.86. The number of carbonyl (C=O) groups is 1. The number of hydrogen-bond acceptors (Lipinski definition) is 2. The molecule has 0 aliphatic heterocycles. The van der Waals surface area contributed by atoms with E-state index in [9.17, 15) is 4.79 Å². The minimum absolute atomic E-state index is 0.453. The highest BCUT2D eigenvalue weighted by molar-refractivity contribution is 5.76. The second-order valence-corrected chi connectivity index (χ2v) is 5.65. The average molecular weight is 268 g/mol. The molecule has 0 amide bonds. The van der Waals surface area contributed by atoms with Crippen LogP contribution in [0.15, 0.2) is 30.5 Å². The van der Waals surface area contributed by atoms with Gasteiger partial charge in [0.05, 0.1) is 16.9 Å². The van der Waals surface area contributed by atoms with Crippen molar-refractivity contribution in [3.8, 4) is 5.69 Å². The predicted octanol–water partition coefficient (Wildman–Crippen LogP) is 4.04. The molecule has 0 unspecified atom stereocenters. The summed E-state index contributed by atoms with van der Waals surface area (Å²) >= 11 is 0. The lowest BCUT2D eigenvalue weighted by molar-refractivity contribution is 0.112. The molecule has 3 rings (SSSR count). The number of rotatable bonds is 3. The molecule has 3 nitrogen and oxygen atoms in total. The first-order chi connectivity index (χ1) is 9.79. The summed E-state index contributed by atoms with van der Waals surface area (Å²) in [5, 5.41) is 4.72. The number of benzene rings is 1. The van der Waals surface area contributed by atoms with Gasteiger partial charge < -0.3 is 0 Å². The highest BCUT2D eigenvalue weighted by Crippen LogP contribution is 2.33. The van der Waals surface area contributed by atoms with Crippen LogP contribution in [-0.4, -0.2) is 16.1 Å². The molecule has 104 valence electrons. The van der Waals surface area contributed by atoms with Crippen molar-refractivity contribution >= 4 is 6.29 Å². The van der Waals surface area contributed by atoms with Crippen LogP contribution in [0.4, 0.5) is 0 Å². The molecule has 0 N–H and O–H groups in total. The number of aldehydes is 1. The number of nitrogens with zero attached hydrogens (tertiary/aromatic N) is 2. The first-order valence-corrected chi connectivity index (χ1v) is 7.40. The molecule has 0 atom stereocenters.